The minimum atomic E-state index is 0.369. The van der Waals surface area contributed by atoms with Crippen molar-refractivity contribution in [3.63, 3.8) is 0 Å². The molecule has 0 spiro atoms. The Labute approximate surface area is 381 Å². The van der Waals surface area contributed by atoms with E-state index in [1.54, 1.807) is 0 Å². The van der Waals surface area contributed by atoms with Crippen molar-refractivity contribution in [2.45, 2.75) is 39.5 Å². The SMILES string of the molecule is CC(C)c1cccc(N(c2c3ccccc3c(N(c3cccc(C(C)C)c3)c3cccc4c3sc3ccccc34)c3cc4ccccc4cc23)c2cccc3c2sc2ccccc23)c1. The van der Waals surface area contributed by atoms with Crippen molar-refractivity contribution < 1.29 is 0 Å². The molecule has 0 saturated heterocycles. The molecule has 0 amide bonds. The monoisotopic (exact) mass is 858 g/mol. The maximum absolute atomic E-state index is 2.59. The number of nitrogens with zero attached hydrogens (tertiary/aromatic N) is 2. The van der Waals surface area contributed by atoms with Crippen LogP contribution < -0.4 is 9.80 Å². The molecular weight excluding hydrogens is 813 g/mol. The number of thiophene rings is 2. The van der Waals surface area contributed by atoms with E-state index in [1.165, 1.54) is 107 Å². The first-order valence-electron chi connectivity index (χ1n) is 22.4. The Balaban J connectivity index is 1.26. The number of anilines is 6. The molecule has 0 aliphatic heterocycles. The van der Waals surface area contributed by atoms with Crippen LogP contribution in [0.3, 0.4) is 0 Å². The Morgan fingerprint density at radius 3 is 1.14 bits per heavy atom. The van der Waals surface area contributed by atoms with Gasteiger partial charge < -0.3 is 9.80 Å². The summed E-state index contributed by atoms with van der Waals surface area (Å²) in [5.74, 6) is 0.738. The van der Waals surface area contributed by atoms with Gasteiger partial charge in [0, 0.05) is 63.9 Å². The zero-order valence-corrected chi connectivity index (χ0v) is 38.0. The topological polar surface area (TPSA) is 6.48 Å². The smallest absolute Gasteiger partial charge is 0.0640 e. The highest BCUT2D eigenvalue weighted by atomic mass is 32.1. The third-order valence-corrected chi connectivity index (χ3v) is 15.5. The van der Waals surface area contributed by atoms with Crippen molar-refractivity contribution in [3.8, 4) is 0 Å². The summed E-state index contributed by atoms with van der Waals surface area (Å²) in [6.07, 6.45) is 0. The van der Waals surface area contributed by atoms with E-state index in [0.29, 0.717) is 11.8 Å². The molecule has 12 aromatic rings. The fraction of sp³-hybridized carbons (Fsp3) is 0.100. The molecule has 64 heavy (non-hydrogen) atoms. The van der Waals surface area contributed by atoms with Gasteiger partial charge in [0.05, 0.1) is 32.1 Å². The average Bonchev–Trinajstić information content (AvgIpc) is 3.91. The van der Waals surface area contributed by atoms with Gasteiger partial charge >= 0.3 is 0 Å². The van der Waals surface area contributed by atoms with Crippen molar-refractivity contribution >= 4 is 129 Å². The van der Waals surface area contributed by atoms with Gasteiger partial charge in [-0.3, -0.25) is 0 Å². The molecule has 0 radical (unpaired) electrons. The molecule has 0 saturated carbocycles. The molecule has 0 aliphatic carbocycles. The zero-order chi connectivity index (χ0) is 43.1. The number of fused-ring (bicyclic) bond motifs is 9. The molecule has 10 aromatic carbocycles. The van der Waals surface area contributed by atoms with E-state index in [-0.39, 0.29) is 0 Å². The number of benzene rings is 10. The highest BCUT2D eigenvalue weighted by molar-refractivity contribution is 7.26. The van der Waals surface area contributed by atoms with E-state index in [2.05, 4.69) is 232 Å². The second-order valence-electron chi connectivity index (χ2n) is 17.7. The molecule has 4 heteroatoms. The van der Waals surface area contributed by atoms with Crippen LogP contribution in [0.1, 0.15) is 50.7 Å². The lowest BCUT2D eigenvalue weighted by molar-refractivity contribution is 0.866. The first-order chi connectivity index (χ1) is 31.4. The van der Waals surface area contributed by atoms with E-state index in [1.807, 2.05) is 22.7 Å². The summed E-state index contributed by atoms with van der Waals surface area (Å²) in [6, 6.07) is 72.9. The molecule has 0 atom stereocenters. The van der Waals surface area contributed by atoms with E-state index < -0.39 is 0 Å². The lowest BCUT2D eigenvalue weighted by Crippen LogP contribution is -2.15. The first-order valence-corrected chi connectivity index (χ1v) is 24.0. The molecule has 2 nitrogen and oxygen atoms in total. The molecule has 0 unspecified atom stereocenters. The molecule has 2 heterocycles. The summed E-state index contributed by atoms with van der Waals surface area (Å²) in [5.41, 5.74) is 9.67. The minimum Gasteiger partial charge on any atom is -0.308 e. The van der Waals surface area contributed by atoms with E-state index >= 15 is 0 Å². The molecular formula is C60H46N2S2. The van der Waals surface area contributed by atoms with Gasteiger partial charge in [-0.25, -0.2) is 0 Å². The lowest BCUT2D eigenvalue weighted by atomic mass is 9.92. The van der Waals surface area contributed by atoms with Gasteiger partial charge in [-0.2, -0.15) is 0 Å². The van der Waals surface area contributed by atoms with Crippen LogP contribution in [-0.4, -0.2) is 0 Å². The van der Waals surface area contributed by atoms with Crippen LogP contribution in [0, 0.1) is 0 Å². The Bertz CT molecular complexity index is 3530. The molecule has 12 rings (SSSR count). The van der Waals surface area contributed by atoms with Crippen LogP contribution >= 0.6 is 22.7 Å². The Morgan fingerprint density at radius 1 is 0.328 bits per heavy atom. The molecule has 0 N–H and O–H groups in total. The third kappa shape index (κ3) is 6.19. The standard InChI is InChI=1S/C60H46N2S2/c1-37(2)39-19-13-21-43(33-39)61(53-29-15-27-49-45-23-9-11-31-55(45)63-59(49)53)57-47-25-7-8-26-48(47)58(52-36-42-18-6-5-17-41(42)35-51(52)57)62(44-22-14-20-40(34-44)38(3)4)54-30-16-28-50-46-24-10-12-32-56(46)64-60(50)54/h5-38H,1-4H3. The second-order valence-corrected chi connectivity index (χ2v) is 19.8. The fourth-order valence-electron chi connectivity index (χ4n) is 9.94. The summed E-state index contributed by atoms with van der Waals surface area (Å²) < 4.78 is 5.16. The number of hydrogen-bond acceptors (Lipinski definition) is 4. The van der Waals surface area contributed by atoms with E-state index in [9.17, 15) is 0 Å². The quantitative estimate of drug-likeness (QED) is 0.111. The number of rotatable bonds is 8. The Morgan fingerprint density at radius 2 is 0.703 bits per heavy atom. The van der Waals surface area contributed by atoms with Crippen LogP contribution in [0.4, 0.5) is 34.1 Å². The van der Waals surface area contributed by atoms with E-state index in [4.69, 9.17) is 0 Å². The maximum Gasteiger partial charge on any atom is 0.0640 e. The van der Waals surface area contributed by atoms with Crippen molar-refractivity contribution in [2.75, 3.05) is 9.80 Å². The van der Waals surface area contributed by atoms with E-state index in [0.717, 1.165) is 11.4 Å². The van der Waals surface area contributed by atoms with Crippen LogP contribution in [0.5, 0.6) is 0 Å². The molecule has 2 aromatic heterocycles. The molecule has 0 fully saturated rings. The van der Waals surface area contributed by atoms with Gasteiger partial charge in [0.25, 0.3) is 0 Å². The summed E-state index contributed by atoms with van der Waals surface area (Å²) >= 11 is 3.78. The number of hydrogen-bond donors (Lipinski definition) is 0. The Hall–Kier alpha value is -6.98. The third-order valence-electron chi connectivity index (χ3n) is 13.1. The minimum absolute atomic E-state index is 0.369. The molecule has 308 valence electrons. The van der Waals surface area contributed by atoms with Gasteiger partial charge in [0.15, 0.2) is 0 Å². The van der Waals surface area contributed by atoms with Crippen molar-refractivity contribution in [1.29, 1.82) is 0 Å². The lowest BCUT2D eigenvalue weighted by Gasteiger charge is -2.33. The van der Waals surface area contributed by atoms with Gasteiger partial charge in [0.2, 0.25) is 0 Å². The summed E-state index contributed by atoms with van der Waals surface area (Å²) in [5, 5.41) is 12.4. The van der Waals surface area contributed by atoms with Crippen molar-refractivity contribution in [3.05, 3.63) is 205 Å². The second kappa shape index (κ2) is 15.4. The predicted molar refractivity (Wildman–Crippen MR) is 282 cm³/mol. The summed E-state index contributed by atoms with van der Waals surface area (Å²) in [4.78, 5) is 5.17. The van der Waals surface area contributed by atoms with Gasteiger partial charge in [-0.05, 0) is 94.4 Å². The highest BCUT2D eigenvalue weighted by Crippen LogP contribution is 2.55. The van der Waals surface area contributed by atoms with Gasteiger partial charge in [-0.15, -0.1) is 22.7 Å². The predicted octanol–water partition coefficient (Wildman–Crippen LogP) is 19.1. The Kier molecular flexibility index (Phi) is 9.29. The van der Waals surface area contributed by atoms with Crippen molar-refractivity contribution in [1.82, 2.24) is 0 Å². The zero-order valence-electron chi connectivity index (χ0n) is 36.3. The molecule has 0 bridgehead atoms. The first kappa shape index (κ1) is 38.7. The fourth-order valence-corrected chi connectivity index (χ4v) is 12.4. The average molecular weight is 859 g/mol. The van der Waals surface area contributed by atoms with Crippen LogP contribution in [0.2, 0.25) is 0 Å². The summed E-state index contributed by atoms with van der Waals surface area (Å²) in [6.45, 7) is 9.17. The van der Waals surface area contributed by atoms with Crippen LogP contribution in [-0.2, 0) is 0 Å². The van der Waals surface area contributed by atoms with Crippen molar-refractivity contribution in [2.24, 2.45) is 0 Å². The molecule has 0 aliphatic rings. The summed E-state index contributed by atoms with van der Waals surface area (Å²) in [7, 11) is 0. The largest absolute Gasteiger partial charge is 0.308 e. The maximum atomic E-state index is 2.59. The van der Waals surface area contributed by atoms with Crippen LogP contribution in [0.25, 0.3) is 72.7 Å². The van der Waals surface area contributed by atoms with Crippen LogP contribution in [0.15, 0.2) is 194 Å². The van der Waals surface area contributed by atoms with Gasteiger partial charge in [-0.1, -0.05) is 161 Å². The highest BCUT2D eigenvalue weighted by Gasteiger charge is 2.29. The normalized spacial score (nSPS) is 12.0. The van der Waals surface area contributed by atoms with Gasteiger partial charge in [0.1, 0.15) is 0 Å².